The first-order valence-corrected chi connectivity index (χ1v) is 8.61. The van der Waals surface area contributed by atoms with Crippen LogP contribution in [0.3, 0.4) is 0 Å². The lowest BCUT2D eigenvalue weighted by atomic mass is 10.1. The Labute approximate surface area is 139 Å². The third-order valence-electron chi connectivity index (χ3n) is 4.04. The van der Waals surface area contributed by atoms with Gasteiger partial charge >= 0.3 is 0 Å². The van der Waals surface area contributed by atoms with Crippen molar-refractivity contribution in [2.75, 3.05) is 32.8 Å². The van der Waals surface area contributed by atoms with Gasteiger partial charge in [-0.1, -0.05) is 6.92 Å². The van der Waals surface area contributed by atoms with Gasteiger partial charge in [-0.05, 0) is 47.4 Å². The zero-order chi connectivity index (χ0) is 15.5. The Balaban J connectivity index is 1.87. The van der Waals surface area contributed by atoms with E-state index in [9.17, 15) is 4.79 Å². The summed E-state index contributed by atoms with van der Waals surface area (Å²) < 4.78 is 12.0. The Morgan fingerprint density at radius 1 is 1.41 bits per heavy atom. The minimum atomic E-state index is 0.0632. The van der Waals surface area contributed by atoms with Crippen molar-refractivity contribution in [1.29, 1.82) is 0 Å². The average Bonchev–Trinajstić information content (AvgIpc) is 3.06. The molecule has 3 rings (SSSR count). The summed E-state index contributed by atoms with van der Waals surface area (Å²) >= 11 is 3.48. The molecule has 5 nitrogen and oxygen atoms in total. The van der Waals surface area contributed by atoms with Crippen molar-refractivity contribution in [3.63, 3.8) is 0 Å². The number of hydrogen-bond donors (Lipinski definition) is 1. The smallest absolute Gasteiger partial charge is 0.254 e. The molecule has 2 heterocycles. The molecule has 2 aliphatic heterocycles. The predicted octanol–water partition coefficient (Wildman–Crippen LogP) is 2.43. The highest BCUT2D eigenvalue weighted by atomic mass is 79.9. The molecule has 0 aromatic heterocycles. The summed E-state index contributed by atoms with van der Waals surface area (Å²) in [5.41, 5.74) is 0.650. The Morgan fingerprint density at radius 3 is 2.95 bits per heavy atom. The number of carbonyl (C=O) groups excluding carboxylic acids is 1. The van der Waals surface area contributed by atoms with Gasteiger partial charge in [-0.25, -0.2) is 0 Å². The van der Waals surface area contributed by atoms with Crippen LogP contribution in [-0.4, -0.2) is 49.7 Å². The van der Waals surface area contributed by atoms with Crippen LogP contribution >= 0.6 is 15.9 Å². The van der Waals surface area contributed by atoms with Gasteiger partial charge in [-0.3, -0.25) is 4.79 Å². The third kappa shape index (κ3) is 3.08. The van der Waals surface area contributed by atoms with Gasteiger partial charge in [-0.15, -0.1) is 0 Å². The van der Waals surface area contributed by atoms with Crippen molar-refractivity contribution in [1.82, 2.24) is 10.2 Å². The molecule has 1 atom stereocenters. The summed E-state index contributed by atoms with van der Waals surface area (Å²) in [5.74, 6) is 1.39. The summed E-state index contributed by atoms with van der Waals surface area (Å²) in [6, 6.07) is 3.91. The number of halogens is 1. The molecule has 0 bridgehead atoms. The van der Waals surface area contributed by atoms with Gasteiger partial charge in [0.2, 0.25) is 0 Å². The van der Waals surface area contributed by atoms with Crippen LogP contribution in [0.2, 0.25) is 0 Å². The summed E-state index contributed by atoms with van der Waals surface area (Å²) in [5, 5.41) is 3.33. The molecule has 120 valence electrons. The van der Waals surface area contributed by atoms with Gasteiger partial charge in [0.25, 0.3) is 5.91 Å². The van der Waals surface area contributed by atoms with Crippen molar-refractivity contribution in [2.45, 2.75) is 25.8 Å². The standard InChI is InChI=1S/C16H21BrN2O3/c1-2-5-19(12-3-4-18-10-12)16(20)11-8-13(17)15-14(9-11)21-6-7-22-15/h8-9,12,18H,2-7,10H2,1H3. The van der Waals surface area contributed by atoms with Crippen LogP contribution in [0.15, 0.2) is 16.6 Å². The van der Waals surface area contributed by atoms with Gasteiger partial charge in [-0.2, -0.15) is 0 Å². The number of nitrogens with one attached hydrogen (secondary N) is 1. The van der Waals surface area contributed by atoms with E-state index in [1.165, 1.54) is 0 Å². The topological polar surface area (TPSA) is 50.8 Å². The van der Waals surface area contributed by atoms with Crippen LogP contribution in [0.5, 0.6) is 11.5 Å². The Bertz CT molecular complexity index is 559. The molecule has 1 N–H and O–H groups in total. The van der Waals surface area contributed by atoms with Crippen LogP contribution in [0.4, 0.5) is 0 Å². The quantitative estimate of drug-likeness (QED) is 0.886. The fourth-order valence-electron chi connectivity index (χ4n) is 3.00. The maximum atomic E-state index is 12.9. The van der Waals surface area contributed by atoms with E-state index in [4.69, 9.17) is 9.47 Å². The summed E-state index contributed by atoms with van der Waals surface area (Å²) in [7, 11) is 0. The molecule has 0 radical (unpaired) electrons. The minimum Gasteiger partial charge on any atom is -0.486 e. The lowest BCUT2D eigenvalue weighted by Gasteiger charge is -2.29. The Kier molecular flexibility index (Phi) is 4.88. The number of benzene rings is 1. The van der Waals surface area contributed by atoms with Gasteiger partial charge in [0.05, 0.1) is 4.47 Å². The van der Waals surface area contributed by atoms with Crippen LogP contribution in [-0.2, 0) is 0 Å². The van der Waals surface area contributed by atoms with E-state index in [0.29, 0.717) is 30.3 Å². The molecule has 0 spiro atoms. The zero-order valence-electron chi connectivity index (χ0n) is 12.7. The number of ether oxygens (including phenoxy) is 2. The summed E-state index contributed by atoms with van der Waals surface area (Å²) in [6.45, 7) is 5.77. The molecule has 2 aliphatic rings. The van der Waals surface area contributed by atoms with Crippen molar-refractivity contribution in [3.05, 3.63) is 22.2 Å². The SMILES string of the molecule is CCCN(C(=O)c1cc(Br)c2c(c1)OCCO2)C1CCNC1. The number of amides is 1. The normalized spacial score (nSPS) is 20.0. The lowest BCUT2D eigenvalue weighted by molar-refractivity contribution is 0.0691. The molecule has 0 aliphatic carbocycles. The molecule has 1 aromatic carbocycles. The molecule has 1 fully saturated rings. The van der Waals surface area contributed by atoms with Crippen LogP contribution in [0, 0.1) is 0 Å². The number of hydrogen-bond acceptors (Lipinski definition) is 4. The van der Waals surface area contributed by atoms with E-state index in [1.807, 2.05) is 11.0 Å². The number of rotatable bonds is 4. The van der Waals surface area contributed by atoms with Gasteiger partial charge in [0, 0.05) is 24.7 Å². The number of fused-ring (bicyclic) bond motifs is 1. The number of carbonyl (C=O) groups is 1. The summed E-state index contributed by atoms with van der Waals surface area (Å²) in [6.07, 6.45) is 1.96. The second-order valence-electron chi connectivity index (χ2n) is 5.63. The Hall–Kier alpha value is -1.27. The fourth-order valence-corrected chi connectivity index (χ4v) is 3.55. The van der Waals surface area contributed by atoms with E-state index >= 15 is 0 Å². The maximum absolute atomic E-state index is 12.9. The molecule has 0 saturated carbocycles. The monoisotopic (exact) mass is 368 g/mol. The largest absolute Gasteiger partial charge is 0.486 e. The maximum Gasteiger partial charge on any atom is 0.254 e. The van der Waals surface area contributed by atoms with Crippen LogP contribution in [0.1, 0.15) is 30.1 Å². The average molecular weight is 369 g/mol. The molecule has 1 unspecified atom stereocenters. The van der Waals surface area contributed by atoms with Crippen molar-refractivity contribution in [2.24, 2.45) is 0 Å². The highest BCUT2D eigenvalue weighted by Gasteiger charge is 2.28. The third-order valence-corrected chi connectivity index (χ3v) is 4.63. The second-order valence-corrected chi connectivity index (χ2v) is 6.48. The van der Waals surface area contributed by atoms with E-state index < -0.39 is 0 Å². The molecule has 22 heavy (non-hydrogen) atoms. The molecule has 1 saturated heterocycles. The molecular formula is C16H21BrN2O3. The fraction of sp³-hybridized carbons (Fsp3) is 0.562. The highest BCUT2D eigenvalue weighted by molar-refractivity contribution is 9.10. The van der Waals surface area contributed by atoms with Crippen molar-refractivity contribution < 1.29 is 14.3 Å². The van der Waals surface area contributed by atoms with E-state index in [2.05, 4.69) is 28.2 Å². The first kappa shape index (κ1) is 15.6. The van der Waals surface area contributed by atoms with Gasteiger partial charge in [0.1, 0.15) is 13.2 Å². The first-order chi connectivity index (χ1) is 10.7. The molecule has 6 heteroatoms. The van der Waals surface area contributed by atoms with E-state index in [-0.39, 0.29) is 11.9 Å². The van der Waals surface area contributed by atoms with Crippen molar-refractivity contribution >= 4 is 21.8 Å². The zero-order valence-corrected chi connectivity index (χ0v) is 14.3. The van der Waals surface area contributed by atoms with E-state index in [0.717, 1.165) is 36.9 Å². The lowest BCUT2D eigenvalue weighted by Crippen LogP contribution is -2.42. The predicted molar refractivity (Wildman–Crippen MR) is 87.7 cm³/mol. The van der Waals surface area contributed by atoms with Crippen LogP contribution in [0.25, 0.3) is 0 Å². The van der Waals surface area contributed by atoms with Gasteiger partial charge < -0.3 is 19.7 Å². The molecule has 1 aromatic rings. The second kappa shape index (κ2) is 6.87. The van der Waals surface area contributed by atoms with Gasteiger partial charge in [0.15, 0.2) is 11.5 Å². The first-order valence-electron chi connectivity index (χ1n) is 7.81. The Morgan fingerprint density at radius 2 is 2.23 bits per heavy atom. The molecular weight excluding hydrogens is 348 g/mol. The van der Waals surface area contributed by atoms with Crippen LogP contribution < -0.4 is 14.8 Å². The number of nitrogens with zero attached hydrogens (tertiary/aromatic N) is 1. The minimum absolute atomic E-state index is 0.0632. The summed E-state index contributed by atoms with van der Waals surface area (Å²) in [4.78, 5) is 14.9. The van der Waals surface area contributed by atoms with E-state index in [1.54, 1.807) is 6.07 Å². The molecule has 1 amide bonds. The highest BCUT2D eigenvalue weighted by Crippen LogP contribution is 2.39. The van der Waals surface area contributed by atoms with Crippen molar-refractivity contribution in [3.8, 4) is 11.5 Å².